The summed E-state index contributed by atoms with van der Waals surface area (Å²) in [5.41, 5.74) is -0.486. The molecule has 3 rings (SSSR count). The van der Waals surface area contributed by atoms with Crippen LogP contribution in [0.3, 0.4) is 0 Å². The number of alkyl halides is 3. The first-order valence-electron chi connectivity index (χ1n) is 12.8. The van der Waals surface area contributed by atoms with E-state index in [1.165, 1.54) is 35.3 Å². The van der Waals surface area contributed by atoms with E-state index < -0.39 is 47.0 Å². The fraction of sp³-hybridized carbons (Fsp3) is 0.444. The fourth-order valence-corrected chi connectivity index (χ4v) is 4.35. The van der Waals surface area contributed by atoms with Gasteiger partial charge in [0, 0.05) is 17.8 Å². The fourth-order valence-electron chi connectivity index (χ4n) is 4.35. The lowest BCUT2D eigenvalue weighted by molar-refractivity contribution is -0.273. The van der Waals surface area contributed by atoms with Crippen LogP contribution in [0.1, 0.15) is 52.5 Å². The zero-order chi connectivity index (χ0) is 29.7. The van der Waals surface area contributed by atoms with E-state index in [2.05, 4.69) is 20.6 Å². The van der Waals surface area contributed by atoms with E-state index in [0.717, 1.165) is 17.0 Å². The Labute approximate surface area is 229 Å². The van der Waals surface area contributed by atoms with Crippen molar-refractivity contribution >= 4 is 23.6 Å². The smallest absolute Gasteiger partial charge is 0.416 e. The Morgan fingerprint density at radius 2 is 1.77 bits per heavy atom. The highest BCUT2D eigenvalue weighted by atomic mass is 19.4. The molecule has 0 radical (unpaired) electrons. The molecule has 40 heavy (non-hydrogen) atoms. The number of nitrogens with zero attached hydrogens (tertiary/aromatic N) is 4. The average Bonchev–Trinajstić information content (AvgIpc) is 3.56. The molecule has 2 amide bonds. The molecule has 13 heteroatoms. The van der Waals surface area contributed by atoms with Gasteiger partial charge in [-0.05, 0) is 29.5 Å². The van der Waals surface area contributed by atoms with Crippen LogP contribution < -0.4 is 10.4 Å². The number of halogens is 3. The van der Waals surface area contributed by atoms with Gasteiger partial charge in [-0.15, -0.1) is 0 Å². The molecule has 2 N–H and O–H groups in total. The van der Waals surface area contributed by atoms with E-state index in [9.17, 15) is 32.7 Å². The van der Waals surface area contributed by atoms with Crippen molar-refractivity contribution in [2.75, 3.05) is 5.32 Å². The summed E-state index contributed by atoms with van der Waals surface area (Å²) < 4.78 is 40.3. The molecule has 0 aliphatic carbocycles. The topological polar surface area (TPSA) is 136 Å². The number of ketones is 1. The summed E-state index contributed by atoms with van der Waals surface area (Å²) in [6, 6.07) is 3.88. The molecule has 0 fully saturated rings. The standard InChI is InChI=1S/C27H33F3N6O4/c1-5-6-7-20(23(37)24(38)33-22-12-13-31-34-22)36(25(39)40)21(26(2,3)4)16-35-15-18(14-32-35)17-8-10-19(11-9-17)27(28,29)30/h8-15,20-21H,5-7,16H2,1-4H3,(H,39,40)(H2,31,33,34,38)/p-1/t20-,21+/m0/s1. The number of aromatic nitrogens is 4. The van der Waals surface area contributed by atoms with Crippen LogP contribution >= 0.6 is 0 Å². The SMILES string of the molecule is CCCC[C@@H](C(=O)C(=O)Nc1ccn[nH]1)N(C(=O)[O-])[C@H](Cn1cc(-c2ccc(C(F)(F)F)cc2)cn1)C(C)(C)C. The third-order valence-corrected chi connectivity index (χ3v) is 6.53. The second-order valence-electron chi connectivity index (χ2n) is 10.5. The van der Waals surface area contributed by atoms with Crippen molar-refractivity contribution < 1.29 is 32.7 Å². The lowest BCUT2D eigenvalue weighted by Crippen LogP contribution is -2.61. The van der Waals surface area contributed by atoms with Crippen LogP contribution in [-0.4, -0.2) is 54.7 Å². The van der Waals surface area contributed by atoms with Crippen LogP contribution in [0.25, 0.3) is 11.1 Å². The van der Waals surface area contributed by atoms with Crippen LogP contribution in [0.2, 0.25) is 0 Å². The summed E-state index contributed by atoms with van der Waals surface area (Å²) in [4.78, 5) is 39.6. The number of H-pyrrole nitrogens is 1. The zero-order valence-corrected chi connectivity index (χ0v) is 22.7. The molecule has 2 heterocycles. The number of hydrogen-bond acceptors (Lipinski definition) is 6. The molecule has 216 valence electrons. The van der Waals surface area contributed by atoms with Gasteiger partial charge in [-0.2, -0.15) is 23.4 Å². The van der Waals surface area contributed by atoms with Gasteiger partial charge in [-0.25, -0.2) is 0 Å². The second kappa shape index (κ2) is 12.3. The van der Waals surface area contributed by atoms with Gasteiger partial charge in [-0.1, -0.05) is 52.7 Å². The maximum absolute atomic E-state index is 13.3. The number of aromatic amines is 1. The number of anilines is 1. The molecule has 0 aliphatic rings. The van der Waals surface area contributed by atoms with E-state index in [0.29, 0.717) is 24.0 Å². The first-order chi connectivity index (χ1) is 18.7. The lowest BCUT2D eigenvalue weighted by atomic mass is 9.84. The van der Waals surface area contributed by atoms with Crippen LogP contribution in [0.15, 0.2) is 48.9 Å². The minimum absolute atomic E-state index is 0.00378. The molecule has 0 unspecified atom stereocenters. The van der Waals surface area contributed by atoms with Gasteiger partial charge in [0.1, 0.15) is 11.9 Å². The number of nitrogens with one attached hydrogen (secondary N) is 2. The highest BCUT2D eigenvalue weighted by Gasteiger charge is 2.40. The van der Waals surface area contributed by atoms with Crippen LogP contribution in [0, 0.1) is 5.41 Å². The second-order valence-corrected chi connectivity index (χ2v) is 10.5. The molecule has 0 bridgehead atoms. The van der Waals surface area contributed by atoms with Crippen molar-refractivity contribution in [3.05, 3.63) is 54.5 Å². The number of unbranched alkanes of at least 4 members (excludes halogenated alkanes) is 1. The number of amides is 2. The van der Waals surface area contributed by atoms with Crippen molar-refractivity contribution in [3.8, 4) is 11.1 Å². The Kier molecular flexibility index (Phi) is 9.38. The monoisotopic (exact) mass is 561 g/mol. The molecule has 2 atom stereocenters. The maximum atomic E-state index is 13.3. The van der Waals surface area contributed by atoms with Gasteiger partial charge in [0.25, 0.3) is 5.91 Å². The van der Waals surface area contributed by atoms with Crippen molar-refractivity contribution in [1.29, 1.82) is 0 Å². The number of hydrogen-bond donors (Lipinski definition) is 2. The summed E-state index contributed by atoms with van der Waals surface area (Å²) in [7, 11) is 0. The third kappa shape index (κ3) is 7.48. The van der Waals surface area contributed by atoms with E-state index in [1.54, 1.807) is 27.0 Å². The highest BCUT2D eigenvalue weighted by Crippen LogP contribution is 2.32. The zero-order valence-electron chi connectivity index (χ0n) is 22.7. The lowest BCUT2D eigenvalue weighted by Gasteiger charge is -2.45. The third-order valence-electron chi connectivity index (χ3n) is 6.53. The first-order valence-corrected chi connectivity index (χ1v) is 12.8. The number of benzene rings is 1. The molecule has 10 nitrogen and oxygen atoms in total. The Hall–Kier alpha value is -4.16. The largest absolute Gasteiger partial charge is 0.530 e. The number of carbonyl (C=O) groups is 3. The number of carbonyl (C=O) groups excluding carboxylic acids is 3. The van der Waals surface area contributed by atoms with Crippen molar-refractivity contribution in [1.82, 2.24) is 24.9 Å². The minimum atomic E-state index is -4.46. The average molecular weight is 562 g/mol. The van der Waals surface area contributed by atoms with Gasteiger partial charge >= 0.3 is 6.18 Å². The normalized spacial score (nSPS) is 13.5. The van der Waals surface area contributed by atoms with Crippen molar-refractivity contribution in [2.24, 2.45) is 5.41 Å². The van der Waals surface area contributed by atoms with Gasteiger partial charge in [0.2, 0.25) is 5.78 Å². The van der Waals surface area contributed by atoms with Crippen LogP contribution in [0.4, 0.5) is 23.8 Å². The number of rotatable bonds is 11. The quantitative estimate of drug-likeness (QED) is 0.338. The molecule has 0 saturated heterocycles. The van der Waals surface area contributed by atoms with Crippen LogP contribution in [-0.2, 0) is 22.3 Å². The summed E-state index contributed by atoms with van der Waals surface area (Å²) in [6.07, 6.45) is -0.400. The van der Waals surface area contributed by atoms with E-state index in [-0.39, 0.29) is 18.8 Å². The Balaban J connectivity index is 1.91. The Bertz CT molecular complexity index is 1300. The highest BCUT2D eigenvalue weighted by molar-refractivity contribution is 6.42. The Morgan fingerprint density at radius 1 is 1.10 bits per heavy atom. The molecule has 2 aromatic heterocycles. The molecular formula is C27H32F3N6O4-. The minimum Gasteiger partial charge on any atom is -0.530 e. The van der Waals surface area contributed by atoms with Gasteiger partial charge in [0.15, 0.2) is 0 Å². The summed E-state index contributed by atoms with van der Waals surface area (Å²) >= 11 is 0. The van der Waals surface area contributed by atoms with E-state index in [1.807, 2.05) is 6.92 Å². The first kappa shape index (κ1) is 30.4. The van der Waals surface area contributed by atoms with Crippen molar-refractivity contribution in [3.63, 3.8) is 0 Å². The molecule has 0 aliphatic heterocycles. The van der Waals surface area contributed by atoms with Crippen molar-refractivity contribution in [2.45, 2.75) is 71.8 Å². The molecule has 0 saturated carbocycles. The van der Waals surface area contributed by atoms with E-state index >= 15 is 0 Å². The molecule has 1 aromatic carbocycles. The Morgan fingerprint density at radius 3 is 2.30 bits per heavy atom. The predicted octanol–water partition coefficient (Wildman–Crippen LogP) is 4.12. The van der Waals surface area contributed by atoms with Gasteiger partial charge in [-0.3, -0.25) is 19.4 Å². The molecular weight excluding hydrogens is 529 g/mol. The number of Topliss-reactive ketones (excluding diaryl/α,β-unsaturated/α-hetero) is 1. The van der Waals surface area contributed by atoms with E-state index in [4.69, 9.17) is 0 Å². The molecule has 0 spiro atoms. The summed E-state index contributed by atoms with van der Waals surface area (Å²) in [6.45, 7) is 7.25. The van der Waals surface area contributed by atoms with Gasteiger partial charge in [0.05, 0.1) is 36.6 Å². The number of carboxylic acid groups (broad SMARTS) is 1. The summed E-state index contributed by atoms with van der Waals surface area (Å²) in [5, 5.41) is 25.5. The summed E-state index contributed by atoms with van der Waals surface area (Å²) in [5.74, 6) is -1.74. The van der Waals surface area contributed by atoms with Gasteiger partial charge < -0.3 is 20.1 Å². The molecule has 3 aromatic rings. The maximum Gasteiger partial charge on any atom is 0.416 e. The van der Waals surface area contributed by atoms with Crippen LogP contribution in [0.5, 0.6) is 0 Å². The predicted molar refractivity (Wildman–Crippen MR) is 139 cm³/mol.